The molecule has 2 aromatic rings. The zero-order valence-corrected chi connectivity index (χ0v) is 17.9. The first-order valence-corrected chi connectivity index (χ1v) is 9.86. The molecule has 0 unspecified atom stereocenters. The molecule has 0 spiro atoms. The van der Waals surface area contributed by atoms with Gasteiger partial charge in [-0.15, -0.1) is 0 Å². The minimum Gasteiger partial charge on any atom is -0.493 e. The van der Waals surface area contributed by atoms with Gasteiger partial charge in [-0.25, -0.2) is 0 Å². The van der Waals surface area contributed by atoms with Crippen LogP contribution in [0.3, 0.4) is 0 Å². The average molecular weight is 493 g/mol. The number of ether oxygens (including phenoxy) is 2. The Bertz CT molecular complexity index is 1090. The maximum Gasteiger partial charge on any atom is 0.416 e. The summed E-state index contributed by atoms with van der Waals surface area (Å²) in [7, 11) is 2.47. The molecule has 1 aliphatic heterocycles. The Balaban J connectivity index is 2.28. The summed E-state index contributed by atoms with van der Waals surface area (Å²) in [5.74, 6) is -0.496. The molecule has 0 saturated carbocycles. The van der Waals surface area contributed by atoms with Gasteiger partial charge >= 0.3 is 12.4 Å². The summed E-state index contributed by atoms with van der Waals surface area (Å²) in [6.45, 7) is 0. The van der Waals surface area contributed by atoms with Gasteiger partial charge in [0.1, 0.15) is 4.32 Å². The van der Waals surface area contributed by atoms with Crippen molar-refractivity contribution in [2.24, 2.45) is 0 Å². The number of carbonyl (C=O) groups excluding carboxylic acids is 1. The molecule has 170 valence electrons. The van der Waals surface area contributed by atoms with Crippen LogP contribution in [0.2, 0.25) is 0 Å². The molecule has 12 heteroatoms. The van der Waals surface area contributed by atoms with Crippen molar-refractivity contribution < 1.29 is 40.6 Å². The standard InChI is InChI=1S/C20H13F6NO3S2/c1-29-14-4-9(5-15-17(28)27-18(31)32-15)3-13(16(14)30-2)10-6-11(19(21,22)23)8-12(7-10)20(24,25)26/h3-8H,1-2H3,(H,27,28,31). The van der Waals surface area contributed by atoms with E-state index in [1.165, 1.54) is 32.4 Å². The summed E-state index contributed by atoms with van der Waals surface area (Å²) in [5, 5.41) is 2.41. The predicted molar refractivity (Wildman–Crippen MR) is 111 cm³/mol. The van der Waals surface area contributed by atoms with E-state index in [2.05, 4.69) is 5.32 Å². The first kappa shape index (κ1) is 23.9. The highest BCUT2D eigenvalue weighted by molar-refractivity contribution is 8.26. The highest BCUT2D eigenvalue weighted by Crippen LogP contribution is 2.44. The fraction of sp³-hybridized carbons (Fsp3) is 0.200. The minimum absolute atomic E-state index is 0.0412. The first-order valence-electron chi connectivity index (χ1n) is 8.64. The number of rotatable bonds is 4. The van der Waals surface area contributed by atoms with Crippen molar-refractivity contribution in [2.75, 3.05) is 14.2 Å². The number of thioether (sulfide) groups is 1. The Kier molecular flexibility index (Phi) is 6.47. The fourth-order valence-corrected chi connectivity index (χ4v) is 4.01. The number of hydrogen-bond acceptors (Lipinski definition) is 5. The van der Waals surface area contributed by atoms with Crippen molar-refractivity contribution >= 4 is 40.3 Å². The van der Waals surface area contributed by atoms with Crippen LogP contribution < -0.4 is 14.8 Å². The molecule has 1 heterocycles. The van der Waals surface area contributed by atoms with Gasteiger partial charge in [0.15, 0.2) is 11.5 Å². The highest BCUT2D eigenvalue weighted by atomic mass is 32.2. The van der Waals surface area contributed by atoms with Crippen LogP contribution in [0, 0.1) is 0 Å². The summed E-state index contributed by atoms with van der Waals surface area (Å²) in [4.78, 5) is 12.1. The van der Waals surface area contributed by atoms with Crippen LogP contribution in [0.15, 0.2) is 35.2 Å². The third-order valence-electron chi connectivity index (χ3n) is 4.34. The number of hydrogen-bond donors (Lipinski definition) is 1. The molecule has 1 amide bonds. The molecule has 1 saturated heterocycles. The second-order valence-corrected chi connectivity index (χ2v) is 8.17. The molecule has 0 aliphatic carbocycles. The van der Waals surface area contributed by atoms with Crippen molar-refractivity contribution in [1.29, 1.82) is 0 Å². The number of carbonyl (C=O) groups is 1. The summed E-state index contributed by atoms with van der Waals surface area (Å²) >= 11 is 5.88. The normalized spacial score (nSPS) is 15.8. The second kappa shape index (κ2) is 8.66. The summed E-state index contributed by atoms with van der Waals surface area (Å²) < 4.78 is 90.6. The maximum absolute atomic E-state index is 13.3. The van der Waals surface area contributed by atoms with Gasteiger partial charge in [-0.3, -0.25) is 4.79 Å². The lowest BCUT2D eigenvalue weighted by atomic mass is 9.96. The number of amides is 1. The molecule has 4 nitrogen and oxygen atoms in total. The van der Waals surface area contributed by atoms with Crippen molar-refractivity contribution in [3.05, 3.63) is 51.9 Å². The molecule has 0 atom stereocenters. The van der Waals surface area contributed by atoms with E-state index < -0.39 is 29.4 Å². The quantitative estimate of drug-likeness (QED) is 0.327. The number of halogens is 6. The molecule has 3 rings (SSSR count). The summed E-state index contributed by atoms with van der Waals surface area (Å²) in [6.07, 6.45) is -8.63. The number of alkyl halides is 6. The Labute approximate surface area is 187 Å². The van der Waals surface area contributed by atoms with Crippen LogP contribution in [-0.2, 0) is 17.1 Å². The molecule has 2 aromatic carbocycles. The summed E-state index contributed by atoms with van der Waals surface area (Å²) in [6, 6.07) is 3.97. The van der Waals surface area contributed by atoms with Gasteiger partial charge in [0.25, 0.3) is 5.91 Å². The van der Waals surface area contributed by atoms with Crippen LogP contribution in [0.25, 0.3) is 17.2 Å². The van der Waals surface area contributed by atoms with E-state index in [0.29, 0.717) is 12.1 Å². The van der Waals surface area contributed by atoms with Gasteiger partial charge < -0.3 is 14.8 Å². The van der Waals surface area contributed by atoms with Crippen LogP contribution in [0.1, 0.15) is 16.7 Å². The van der Waals surface area contributed by atoms with Gasteiger partial charge in [0, 0.05) is 5.56 Å². The van der Waals surface area contributed by atoms with Crippen molar-refractivity contribution in [3.8, 4) is 22.6 Å². The van der Waals surface area contributed by atoms with E-state index in [-0.39, 0.29) is 43.5 Å². The number of benzene rings is 2. The third-order valence-corrected chi connectivity index (χ3v) is 5.50. The zero-order valence-electron chi connectivity index (χ0n) is 16.3. The SMILES string of the molecule is COc1cc(C=C2SC(=S)NC2=O)cc(-c2cc(C(F)(F)F)cc(C(F)(F)F)c2)c1OC. The van der Waals surface area contributed by atoms with Crippen molar-refractivity contribution in [3.63, 3.8) is 0 Å². The minimum atomic E-state index is -5.01. The largest absolute Gasteiger partial charge is 0.493 e. The molecule has 0 aromatic heterocycles. The van der Waals surface area contributed by atoms with E-state index in [1.807, 2.05) is 0 Å². The van der Waals surface area contributed by atoms with Crippen molar-refractivity contribution in [2.45, 2.75) is 12.4 Å². The molecule has 1 N–H and O–H groups in total. The van der Waals surface area contributed by atoms with E-state index in [9.17, 15) is 31.1 Å². The number of methoxy groups -OCH3 is 2. The monoisotopic (exact) mass is 493 g/mol. The first-order chi connectivity index (χ1) is 14.8. The summed E-state index contributed by atoms with van der Waals surface area (Å²) in [5.41, 5.74) is -3.12. The molecule has 1 aliphatic rings. The molecule has 32 heavy (non-hydrogen) atoms. The van der Waals surface area contributed by atoms with Crippen LogP contribution >= 0.6 is 24.0 Å². The third kappa shape index (κ3) is 5.01. The number of thiocarbonyl (C=S) groups is 1. The van der Waals surface area contributed by atoms with E-state index in [1.54, 1.807) is 0 Å². The fourth-order valence-electron chi connectivity index (χ4n) is 2.97. The van der Waals surface area contributed by atoms with Crippen LogP contribution in [-0.4, -0.2) is 24.4 Å². The van der Waals surface area contributed by atoms with E-state index >= 15 is 0 Å². The van der Waals surface area contributed by atoms with Gasteiger partial charge in [0.05, 0.1) is 30.3 Å². The Morgan fingerprint density at radius 1 is 0.938 bits per heavy atom. The number of nitrogens with one attached hydrogen (secondary N) is 1. The molecule has 0 radical (unpaired) electrons. The lowest BCUT2D eigenvalue weighted by Gasteiger charge is -2.18. The second-order valence-electron chi connectivity index (χ2n) is 6.45. The Morgan fingerprint density at radius 2 is 1.53 bits per heavy atom. The van der Waals surface area contributed by atoms with Crippen LogP contribution in [0.4, 0.5) is 26.3 Å². The average Bonchev–Trinajstić information content (AvgIpc) is 3.02. The van der Waals surface area contributed by atoms with E-state index in [4.69, 9.17) is 21.7 Å². The lowest BCUT2D eigenvalue weighted by Crippen LogP contribution is -2.17. The zero-order chi connectivity index (χ0) is 23.8. The highest BCUT2D eigenvalue weighted by Gasteiger charge is 2.37. The predicted octanol–water partition coefficient (Wildman–Crippen LogP) is 5.90. The van der Waals surface area contributed by atoms with E-state index in [0.717, 1.165) is 11.8 Å². The molecule has 1 fully saturated rings. The lowest BCUT2D eigenvalue weighted by molar-refractivity contribution is -0.143. The molecular weight excluding hydrogens is 480 g/mol. The van der Waals surface area contributed by atoms with Gasteiger partial charge in [-0.2, -0.15) is 26.3 Å². The van der Waals surface area contributed by atoms with Crippen molar-refractivity contribution in [1.82, 2.24) is 5.32 Å². The smallest absolute Gasteiger partial charge is 0.416 e. The Morgan fingerprint density at radius 3 is 1.97 bits per heavy atom. The van der Waals surface area contributed by atoms with Gasteiger partial charge in [-0.05, 0) is 47.5 Å². The topological polar surface area (TPSA) is 47.6 Å². The molecule has 0 bridgehead atoms. The van der Waals surface area contributed by atoms with Gasteiger partial charge in [0.2, 0.25) is 0 Å². The molecular formula is C20H13F6NO3S2. The maximum atomic E-state index is 13.3. The Hall–Kier alpha value is -2.73. The van der Waals surface area contributed by atoms with Gasteiger partial charge in [-0.1, -0.05) is 24.0 Å². The van der Waals surface area contributed by atoms with Crippen LogP contribution in [0.5, 0.6) is 11.5 Å².